The van der Waals surface area contributed by atoms with Crippen LogP contribution >= 0.6 is 0 Å². The van der Waals surface area contributed by atoms with Crippen LogP contribution in [0.15, 0.2) is 43.0 Å². The Hall–Kier alpha value is -1.83. The highest BCUT2D eigenvalue weighted by atomic mass is 16.5. The molecule has 1 rings (SSSR count). The Bertz CT molecular complexity index is 347. The van der Waals surface area contributed by atoms with Crippen LogP contribution in [-0.4, -0.2) is 5.97 Å². The molecule has 0 bridgehead atoms. The van der Waals surface area contributed by atoms with Gasteiger partial charge in [0.05, 0.1) is 0 Å². The van der Waals surface area contributed by atoms with Gasteiger partial charge in [0, 0.05) is 6.08 Å². The van der Waals surface area contributed by atoms with E-state index < -0.39 is 0 Å². The van der Waals surface area contributed by atoms with E-state index in [9.17, 15) is 4.79 Å². The summed E-state index contributed by atoms with van der Waals surface area (Å²) < 4.78 is 4.99. The Labute approximate surface area is 83.5 Å². The summed E-state index contributed by atoms with van der Waals surface area (Å²) in [6, 6.07) is 7.15. The van der Waals surface area contributed by atoms with Crippen LogP contribution in [0.2, 0.25) is 0 Å². The molecular weight excluding hydrogens is 176 g/mol. The van der Waals surface area contributed by atoms with Gasteiger partial charge in [-0.3, -0.25) is 0 Å². The van der Waals surface area contributed by atoms with E-state index in [0.29, 0.717) is 5.75 Å². The third-order valence-electron chi connectivity index (χ3n) is 1.64. The minimum Gasteiger partial charge on any atom is -0.423 e. The van der Waals surface area contributed by atoms with Crippen LogP contribution < -0.4 is 4.74 Å². The normalized spacial score (nSPS) is 10.1. The predicted octanol–water partition coefficient (Wildman–Crippen LogP) is 2.81. The van der Waals surface area contributed by atoms with E-state index in [1.165, 1.54) is 6.08 Å². The zero-order valence-corrected chi connectivity index (χ0v) is 8.07. The van der Waals surface area contributed by atoms with Crippen LogP contribution in [-0.2, 0) is 4.79 Å². The number of esters is 1. The molecule has 2 heteroatoms. The molecular formula is C12H12O2. The Balaban J connectivity index is 2.68. The van der Waals surface area contributed by atoms with Gasteiger partial charge in [0.1, 0.15) is 5.75 Å². The van der Waals surface area contributed by atoms with Crippen molar-refractivity contribution in [1.82, 2.24) is 0 Å². The summed E-state index contributed by atoms with van der Waals surface area (Å²) >= 11 is 0. The Morgan fingerprint density at radius 3 is 2.50 bits per heavy atom. The molecule has 0 saturated heterocycles. The second-order valence-corrected chi connectivity index (χ2v) is 2.69. The van der Waals surface area contributed by atoms with Gasteiger partial charge in [0.2, 0.25) is 0 Å². The van der Waals surface area contributed by atoms with Gasteiger partial charge < -0.3 is 4.74 Å². The van der Waals surface area contributed by atoms with E-state index in [1.54, 1.807) is 31.2 Å². The standard InChI is InChI=1S/C12H12O2/c1-3-5-12(13)14-11-8-6-10(4-2)7-9-11/h3-9H,2H2,1H3. The van der Waals surface area contributed by atoms with Crippen LogP contribution in [0.3, 0.4) is 0 Å². The lowest BCUT2D eigenvalue weighted by molar-refractivity contribution is -0.128. The third kappa shape index (κ3) is 2.90. The van der Waals surface area contributed by atoms with Crippen molar-refractivity contribution in [2.45, 2.75) is 6.92 Å². The summed E-state index contributed by atoms with van der Waals surface area (Å²) in [4.78, 5) is 11.0. The van der Waals surface area contributed by atoms with Gasteiger partial charge in [-0.25, -0.2) is 4.79 Å². The highest BCUT2D eigenvalue weighted by molar-refractivity contribution is 5.83. The van der Waals surface area contributed by atoms with Crippen LogP contribution in [0.5, 0.6) is 5.75 Å². The van der Waals surface area contributed by atoms with Crippen molar-refractivity contribution in [2.75, 3.05) is 0 Å². The van der Waals surface area contributed by atoms with Crippen LogP contribution in [0.1, 0.15) is 12.5 Å². The minimum atomic E-state index is -0.362. The van der Waals surface area contributed by atoms with Gasteiger partial charge in [-0.15, -0.1) is 0 Å². The molecule has 1 aromatic carbocycles. The molecule has 2 nitrogen and oxygen atoms in total. The summed E-state index contributed by atoms with van der Waals surface area (Å²) in [6.45, 7) is 5.40. The lowest BCUT2D eigenvalue weighted by atomic mass is 10.2. The quantitative estimate of drug-likeness (QED) is 0.414. The van der Waals surface area contributed by atoms with Crippen molar-refractivity contribution in [1.29, 1.82) is 0 Å². The molecule has 0 saturated carbocycles. The number of rotatable bonds is 3. The first kappa shape index (κ1) is 10.3. The molecule has 14 heavy (non-hydrogen) atoms. The zero-order valence-electron chi connectivity index (χ0n) is 8.07. The number of ether oxygens (including phenoxy) is 1. The van der Waals surface area contributed by atoms with Crippen molar-refractivity contribution in [3.05, 3.63) is 48.6 Å². The summed E-state index contributed by atoms with van der Waals surface area (Å²) in [5.41, 5.74) is 0.996. The zero-order chi connectivity index (χ0) is 10.4. The van der Waals surface area contributed by atoms with Gasteiger partial charge >= 0.3 is 5.97 Å². The molecule has 0 spiro atoms. The van der Waals surface area contributed by atoms with E-state index in [4.69, 9.17) is 4.74 Å². The Morgan fingerprint density at radius 1 is 1.36 bits per heavy atom. The lowest BCUT2D eigenvalue weighted by Crippen LogP contribution is -2.03. The smallest absolute Gasteiger partial charge is 0.335 e. The number of carbonyl (C=O) groups is 1. The van der Waals surface area contributed by atoms with Crippen molar-refractivity contribution >= 4 is 12.0 Å². The summed E-state index contributed by atoms with van der Waals surface area (Å²) in [5, 5.41) is 0. The van der Waals surface area contributed by atoms with E-state index >= 15 is 0 Å². The number of carbonyl (C=O) groups excluding carboxylic acids is 1. The number of benzene rings is 1. The third-order valence-corrected chi connectivity index (χ3v) is 1.64. The molecule has 0 heterocycles. The monoisotopic (exact) mass is 188 g/mol. The topological polar surface area (TPSA) is 26.3 Å². The highest BCUT2D eigenvalue weighted by Gasteiger charge is 1.98. The average Bonchev–Trinajstić information content (AvgIpc) is 2.19. The molecule has 0 fully saturated rings. The molecule has 72 valence electrons. The maximum absolute atomic E-state index is 11.0. The van der Waals surface area contributed by atoms with Crippen molar-refractivity contribution in [3.63, 3.8) is 0 Å². The molecule has 0 aromatic heterocycles. The molecule has 0 aliphatic heterocycles. The van der Waals surface area contributed by atoms with Gasteiger partial charge in [-0.1, -0.05) is 30.9 Å². The maximum atomic E-state index is 11.0. The Morgan fingerprint density at radius 2 is 2.00 bits per heavy atom. The molecule has 0 aliphatic rings. The van der Waals surface area contributed by atoms with Gasteiger partial charge in [0.25, 0.3) is 0 Å². The maximum Gasteiger partial charge on any atom is 0.335 e. The number of hydrogen-bond acceptors (Lipinski definition) is 2. The molecule has 0 amide bonds. The van der Waals surface area contributed by atoms with Crippen LogP contribution in [0.4, 0.5) is 0 Å². The largest absolute Gasteiger partial charge is 0.423 e. The van der Waals surface area contributed by atoms with Gasteiger partial charge in [0.15, 0.2) is 0 Å². The average molecular weight is 188 g/mol. The van der Waals surface area contributed by atoms with Gasteiger partial charge in [-0.2, -0.15) is 0 Å². The SMILES string of the molecule is C=Cc1ccc(OC(=O)C=CC)cc1. The fourth-order valence-electron chi connectivity index (χ4n) is 0.958. The van der Waals surface area contributed by atoms with Crippen molar-refractivity contribution in [2.24, 2.45) is 0 Å². The van der Waals surface area contributed by atoms with E-state index in [-0.39, 0.29) is 5.97 Å². The van der Waals surface area contributed by atoms with E-state index in [0.717, 1.165) is 5.56 Å². The van der Waals surface area contributed by atoms with E-state index in [1.807, 2.05) is 12.1 Å². The van der Waals surface area contributed by atoms with Crippen molar-refractivity contribution in [3.8, 4) is 5.75 Å². The fourth-order valence-corrected chi connectivity index (χ4v) is 0.958. The molecule has 1 aromatic rings. The van der Waals surface area contributed by atoms with Crippen LogP contribution in [0.25, 0.3) is 6.08 Å². The van der Waals surface area contributed by atoms with Crippen LogP contribution in [0, 0.1) is 0 Å². The first-order chi connectivity index (χ1) is 6.76. The van der Waals surface area contributed by atoms with E-state index in [2.05, 4.69) is 6.58 Å². The summed E-state index contributed by atoms with van der Waals surface area (Å²) in [7, 11) is 0. The minimum absolute atomic E-state index is 0.362. The lowest BCUT2D eigenvalue weighted by Gasteiger charge is -2.00. The molecule has 0 N–H and O–H groups in total. The molecule has 0 unspecified atom stereocenters. The summed E-state index contributed by atoms with van der Waals surface area (Å²) in [6.07, 6.45) is 4.75. The highest BCUT2D eigenvalue weighted by Crippen LogP contribution is 2.12. The predicted molar refractivity (Wildman–Crippen MR) is 57.0 cm³/mol. The molecule has 0 radical (unpaired) electrons. The second kappa shape index (κ2) is 5.02. The molecule has 0 atom stereocenters. The summed E-state index contributed by atoms with van der Waals surface area (Å²) in [5.74, 6) is 0.178. The van der Waals surface area contributed by atoms with Gasteiger partial charge in [-0.05, 0) is 24.6 Å². The fraction of sp³-hybridized carbons (Fsp3) is 0.0833. The van der Waals surface area contributed by atoms with Crippen molar-refractivity contribution < 1.29 is 9.53 Å². The number of allylic oxidation sites excluding steroid dienone is 1. The second-order valence-electron chi connectivity index (χ2n) is 2.69. The Kier molecular flexibility index (Phi) is 3.68. The first-order valence-corrected chi connectivity index (χ1v) is 4.33. The first-order valence-electron chi connectivity index (χ1n) is 4.33. The molecule has 0 aliphatic carbocycles. The number of hydrogen-bond donors (Lipinski definition) is 0.